The number of aromatic nitrogens is 3. The minimum Gasteiger partial charge on any atom is -0.508 e. The third kappa shape index (κ3) is 3.17. The minimum atomic E-state index is -4.80. The first kappa shape index (κ1) is 19.7. The van der Waals surface area contributed by atoms with Gasteiger partial charge in [0.1, 0.15) is 17.1 Å². The Balaban J connectivity index is 2.34. The molecule has 0 aliphatic rings. The lowest BCUT2D eigenvalue weighted by Crippen LogP contribution is -2.37. The van der Waals surface area contributed by atoms with E-state index in [1.54, 1.807) is 19.9 Å². The maximum absolute atomic E-state index is 13.6. The van der Waals surface area contributed by atoms with Crippen LogP contribution in [-0.4, -0.2) is 19.2 Å². The molecule has 6 nitrogen and oxygen atoms in total. The summed E-state index contributed by atoms with van der Waals surface area (Å²) >= 11 is 0. The average molecular weight is 393 g/mol. The Kier molecular flexibility index (Phi) is 4.57. The van der Waals surface area contributed by atoms with Crippen molar-refractivity contribution in [2.75, 3.05) is 0 Å². The van der Waals surface area contributed by atoms with Gasteiger partial charge in [0.05, 0.1) is 5.39 Å². The Morgan fingerprint density at radius 2 is 1.61 bits per heavy atom. The van der Waals surface area contributed by atoms with Gasteiger partial charge >= 0.3 is 11.9 Å². The molecule has 0 spiro atoms. The Bertz CT molecular complexity index is 1220. The van der Waals surface area contributed by atoms with Crippen LogP contribution < -0.4 is 11.2 Å². The van der Waals surface area contributed by atoms with E-state index in [-0.39, 0.29) is 34.3 Å². The van der Waals surface area contributed by atoms with Crippen molar-refractivity contribution in [3.05, 3.63) is 67.0 Å². The predicted molar refractivity (Wildman–Crippen MR) is 97.6 cm³/mol. The van der Waals surface area contributed by atoms with E-state index in [1.807, 2.05) is 0 Å². The minimum absolute atomic E-state index is 0.101. The highest BCUT2D eigenvalue weighted by atomic mass is 19.4. The van der Waals surface area contributed by atoms with Crippen molar-refractivity contribution in [3.63, 3.8) is 0 Å². The second-order valence-electron chi connectivity index (χ2n) is 6.81. The van der Waals surface area contributed by atoms with Crippen LogP contribution in [0.5, 0.6) is 5.75 Å². The molecule has 0 atom stereocenters. The van der Waals surface area contributed by atoms with Crippen LogP contribution in [0.15, 0.2) is 27.8 Å². The van der Waals surface area contributed by atoms with E-state index in [4.69, 9.17) is 0 Å². The normalized spacial score (nSPS) is 12.0. The molecule has 28 heavy (non-hydrogen) atoms. The molecule has 3 aromatic rings. The van der Waals surface area contributed by atoms with Crippen molar-refractivity contribution in [3.8, 4) is 5.75 Å². The topological polar surface area (TPSA) is 77.1 Å². The molecule has 1 aromatic carbocycles. The number of nitrogens with zero attached hydrogens (tertiary/aromatic N) is 3. The van der Waals surface area contributed by atoms with Gasteiger partial charge in [-0.2, -0.15) is 13.2 Å². The van der Waals surface area contributed by atoms with Crippen molar-refractivity contribution >= 4 is 11.0 Å². The van der Waals surface area contributed by atoms with E-state index < -0.39 is 23.1 Å². The number of alkyl halides is 3. The second-order valence-corrected chi connectivity index (χ2v) is 6.81. The molecule has 0 aliphatic heterocycles. The number of hydrogen-bond acceptors (Lipinski definition) is 4. The van der Waals surface area contributed by atoms with Crippen LogP contribution in [0.3, 0.4) is 0 Å². The molecule has 2 heterocycles. The van der Waals surface area contributed by atoms with Gasteiger partial charge in [0.25, 0.3) is 5.56 Å². The van der Waals surface area contributed by atoms with Gasteiger partial charge < -0.3 is 5.11 Å². The molecule has 1 N–H and O–H groups in total. The predicted octanol–water partition coefficient (Wildman–Crippen LogP) is 2.56. The first-order valence-corrected chi connectivity index (χ1v) is 8.37. The molecule has 0 saturated heterocycles. The van der Waals surface area contributed by atoms with E-state index in [0.29, 0.717) is 0 Å². The number of hydrogen-bond donors (Lipinski definition) is 1. The van der Waals surface area contributed by atoms with Crippen LogP contribution in [0.25, 0.3) is 11.0 Å². The average Bonchev–Trinajstić information content (AvgIpc) is 2.61. The Morgan fingerprint density at radius 3 is 2.21 bits per heavy atom. The van der Waals surface area contributed by atoms with Gasteiger partial charge in [-0.25, -0.2) is 9.78 Å². The molecule has 0 saturated carbocycles. The number of benzene rings is 1. The van der Waals surface area contributed by atoms with Gasteiger partial charge in [-0.15, -0.1) is 0 Å². The van der Waals surface area contributed by atoms with E-state index >= 15 is 0 Å². The number of pyridine rings is 1. The SMILES string of the molecule is Cc1cc(O)c(Cc2cc3c(=O)n(C)c(=O)n(C)c3nc2C(F)(F)F)cc1C. The smallest absolute Gasteiger partial charge is 0.433 e. The van der Waals surface area contributed by atoms with Crippen LogP contribution in [0, 0.1) is 13.8 Å². The number of rotatable bonds is 2. The summed E-state index contributed by atoms with van der Waals surface area (Å²) in [6.45, 7) is 3.56. The summed E-state index contributed by atoms with van der Waals surface area (Å²) < 4.78 is 42.6. The zero-order chi connectivity index (χ0) is 21.0. The third-order valence-corrected chi connectivity index (χ3v) is 4.85. The fourth-order valence-corrected chi connectivity index (χ4v) is 3.13. The fraction of sp³-hybridized carbons (Fsp3) is 0.316. The molecule has 3 rings (SSSR count). The van der Waals surface area contributed by atoms with Crippen molar-refractivity contribution < 1.29 is 18.3 Å². The Morgan fingerprint density at radius 1 is 1.00 bits per heavy atom. The number of phenols is 1. The zero-order valence-electron chi connectivity index (χ0n) is 15.7. The first-order chi connectivity index (χ1) is 12.9. The van der Waals surface area contributed by atoms with Gasteiger partial charge in [0, 0.05) is 20.5 Å². The highest BCUT2D eigenvalue weighted by Crippen LogP contribution is 2.34. The lowest BCUT2D eigenvalue weighted by atomic mass is 9.97. The van der Waals surface area contributed by atoms with Crippen LogP contribution in [0.1, 0.15) is 27.9 Å². The first-order valence-electron chi connectivity index (χ1n) is 8.37. The molecular formula is C19H18F3N3O3. The molecule has 0 unspecified atom stereocenters. The van der Waals surface area contributed by atoms with Gasteiger partial charge in [0.2, 0.25) is 0 Å². The van der Waals surface area contributed by atoms with Crippen LogP contribution in [0.4, 0.5) is 13.2 Å². The summed E-state index contributed by atoms with van der Waals surface area (Å²) in [7, 11) is 2.50. The Labute approximate surface area is 157 Å². The molecule has 0 bridgehead atoms. The summed E-state index contributed by atoms with van der Waals surface area (Å²) in [6.07, 6.45) is -5.06. The van der Waals surface area contributed by atoms with Crippen LogP contribution in [-0.2, 0) is 26.7 Å². The summed E-state index contributed by atoms with van der Waals surface area (Å²) in [5.74, 6) is -0.135. The van der Waals surface area contributed by atoms with Gasteiger partial charge in [-0.3, -0.25) is 13.9 Å². The molecular weight excluding hydrogens is 375 g/mol. The molecule has 0 amide bonds. The highest BCUT2D eigenvalue weighted by molar-refractivity contribution is 5.75. The molecule has 2 aromatic heterocycles. The number of aromatic hydroxyl groups is 1. The van der Waals surface area contributed by atoms with Gasteiger partial charge in [-0.1, -0.05) is 6.07 Å². The monoisotopic (exact) mass is 393 g/mol. The second kappa shape index (κ2) is 6.50. The van der Waals surface area contributed by atoms with E-state index in [2.05, 4.69) is 4.98 Å². The number of fused-ring (bicyclic) bond motifs is 1. The molecule has 0 aliphatic carbocycles. The number of phenolic OH excluding ortho intramolecular Hbond substituents is 1. The van der Waals surface area contributed by atoms with Gasteiger partial charge in [0.15, 0.2) is 0 Å². The maximum atomic E-state index is 13.6. The van der Waals surface area contributed by atoms with Crippen molar-refractivity contribution in [2.24, 2.45) is 14.1 Å². The summed E-state index contributed by atoms with van der Waals surface area (Å²) in [4.78, 5) is 28.1. The zero-order valence-corrected chi connectivity index (χ0v) is 15.7. The molecule has 9 heteroatoms. The molecule has 0 radical (unpaired) electrons. The van der Waals surface area contributed by atoms with E-state index in [9.17, 15) is 27.9 Å². The lowest BCUT2D eigenvalue weighted by Gasteiger charge is -2.16. The maximum Gasteiger partial charge on any atom is 0.433 e. The quantitative estimate of drug-likeness (QED) is 0.726. The molecule has 148 valence electrons. The third-order valence-electron chi connectivity index (χ3n) is 4.85. The fourth-order valence-electron chi connectivity index (χ4n) is 3.13. The van der Waals surface area contributed by atoms with E-state index in [0.717, 1.165) is 26.3 Å². The number of halogens is 3. The Hall–Kier alpha value is -3.10. The van der Waals surface area contributed by atoms with E-state index in [1.165, 1.54) is 20.2 Å². The van der Waals surface area contributed by atoms with Crippen molar-refractivity contribution in [2.45, 2.75) is 26.4 Å². The summed E-state index contributed by atoms with van der Waals surface area (Å²) in [5, 5.41) is 10.0. The highest BCUT2D eigenvalue weighted by Gasteiger charge is 2.36. The summed E-state index contributed by atoms with van der Waals surface area (Å²) in [6, 6.07) is 4.19. The largest absolute Gasteiger partial charge is 0.508 e. The molecule has 0 fully saturated rings. The standard InChI is InChI=1S/C19H18F3N3O3/c1-9-5-11(14(26)6-10(9)2)7-12-8-13-16(23-15(12)19(20,21)22)24(3)18(28)25(4)17(13)27/h5-6,8,26H,7H2,1-4H3. The van der Waals surface area contributed by atoms with Crippen LogP contribution in [0.2, 0.25) is 0 Å². The van der Waals surface area contributed by atoms with Crippen LogP contribution >= 0.6 is 0 Å². The van der Waals surface area contributed by atoms with Crippen molar-refractivity contribution in [1.82, 2.24) is 14.1 Å². The lowest BCUT2D eigenvalue weighted by molar-refractivity contribution is -0.141. The van der Waals surface area contributed by atoms with Crippen molar-refractivity contribution in [1.29, 1.82) is 0 Å². The summed E-state index contributed by atoms with van der Waals surface area (Å²) in [5.41, 5.74) is -1.38. The number of aryl methyl sites for hydroxylation is 3. The van der Waals surface area contributed by atoms with Gasteiger partial charge in [-0.05, 0) is 48.2 Å².